The van der Waals surface area contributed by atoms with Crippen LogP contribution in [0.25, 0.3) is 0 Å². The smallest absolute Gasteiger partial charge is 0.0816 e. The normalized spacial score (nSPS) is 27.3. The predicted octanol–water partition coefficient (Wildman–Crippen LogP) is 2.77. The second-order valence-corrected chi connectivity index (χ2v) is 5.87. The summed E-state index contributed by atoms with van der Waals surface area (Å²) in [4.78, 5) is 0. The molecule has 0 aromatic heterocycles. The van der Waals surface area contributed by atoms with Gasteiger partial charge in [-0.05, 0) is 30.4 Å². The van der Waals surface area contributed by atoms with E-state index in [9.17, 15) is 5.11 Å². The molecule has 3 rings (SSSR count). The fourth-order valence-corrected chi connectivity index (χ4v) is 3.25. The lowest BCUT2D eigenvalue weighted by Gasteiger charge is -2.37. The molecule has 0 spiro atoms. The van der Waals surface area contributed by atoms with E-state index in [-0.39, 0.29) is 6.04 Å². The average molecular weight is 231 g/mol. The maximum atomic E-state index is 10.7. The van der Waals surface area contributed by atoms with Crippen molar-refractivity contribution in [1.82, 2.24) is 5.32 Å². The van der Waals surface area contributed by atoms with E-state index >= 15 is 0 Å². The quantitative estimate of drug-likeness (QED) is 0.838. The summed E-state index contributed by atoms with van der Waals surface area (Å²) in [5, 5.41) is 14.2. The van der Waals surface area contributed by atoms with Gasteiger partial charge >= 0.3 is 0 Å². The molecule has 1 aromatic carbocycles. The van der Waals surface area contributed by atoms with Gasteiger partial charge < -0.3 is 10.4 Å². The average Bonchev–Trinajstić information content (AvgIpc) is 2.68. The van der Waals surface area contributed by atoms with Crippen LogP contribution >= 0.6 is 0 Å². The van der Waals surface area contributed by atoms with Crippen molar-refractivity contribution in [2.45, 2.75) is 50.8 Å². The molecule has 92 valence electrons. The third-order valence-electron chi connectivity index (χ3n) is 4.41. The molecule has 17 heavy (non-hydrogen) atoms. The maximum Gasteiger partial charge on any atom is 0.0816 e. The minimum Gasteiger partial charge on any atom is -0.388 e. The van der Waals surface area contributed by atoms with Crippen LogP contribution < -0.4 is 5.32 Å². The fourth-order valence-electron chi connectivity index (χ4n) is 3.25. The molecule has 1 aliphatic heterocycles. The third kappa shape index (κ3) is 2.00. The van der Waals surface area contributed by atoms with Crippen molar-refractivity contribution in [2.75, 3.05) is 0 Å². The van der Waals surface area contributed by atoms with Crippen LogP contribution in [0.2, 0.25) is 0 Å². The van der Waals surface area contributed by atoms with Gasteiger partial charge in [0.2, 0.25) is 0 Å². The Morgan fingerprint density at radius 1 is 1.35 bits per heavy atom. The summed E-state index contributed by atoms with van der Waals surface area (Å²) in [6, 6.07) is 8.55. The monoisotopic (exact) mass is 231 g/mol. The van der Waals surface area contributed by atoms with Gasteiger partial charge in [0, 0.05) is 6.54 Å². The van der Waals surface area contributed by atoms with E-state index in [1.165, 1.54) is 30.4 Å². The van der Waals surface area contributed by atoms with E-state index in [0.717, 1.165) is 18.9 Å². The summed E-state index contributed by atoms with van der Waals surface area (Å²) in [5.74, 6) is 0.736. The highest BCUT2D eigenvalue weighted by molar-refractivity contribution is 5.35. The van der Waals surface area contributed by atoms with Crippen LogP contribution in [0.3, 0.4) is 0 Å². The van der Waals surface area contributed by atoms with Crippen LogP contribution in [0.4, 0.5) is 0 Å². The van der Waals surface area contributed by atoms with E-state index < -0.39 is 5.60 Å². The van der Waals surface area contributed by atoms with Crippen molar-refractivity contribution >= 4 is 0 Å². The summed E-state index contributed by atoms with van der Waals surface area (Å²) in [6.45, 7) is 2.88. The first-order valence-electron chi connectivity index (χ1n) is 6.70. The van der Waals surface area contributed by atoms with Crippen LogP contribution in [0, 0.1) is 5.92 Å². The molecule has 1 saturated carbocycles. The van der Waals surface area contributed by atoms with Crippen molar-refractivity contribution in [3.05, 3.63) is 35.4 Å². The molecule has 1 aromatic rings. The van der Waals surface area contributed by atoms with E-state index in [2.05, 4.69) is 29.6 Å². The summed E-state index contributed by atoms with van der Waals surface area (Å²) >= 11 is 0. The Hall–Kier alpha value is -0.860. The van der Waals surface area contributed by atoms with Crippen molar-refractivity contribution in [3.8, 4) is 0 Å². The minimum atomic E-state index is -0.613. The maximum absolute atomic E-state index is 10.7. The first-order valence-corrected chi connectivity index (χ1v) is 6.70. The lowest BCUT2D eigenvalue weighted by molar-refractivity contribution is -0.0119. The van der Waals surface area contributed by atoms with Crippen LogP contribution in [-0.4, -0.2) is 10.7 Å². The summed E-state index contributed by atoms with van der Waals surface area (Å²) in [5.41, 5.74) is 2.01. The van der Waals surface area contributed by atoms with E-state index in [4.69, 9.17) is 0 Å². The van der Waals surface area contributed by atoms with Gasteiger partial charge in [-0.3, -0.25) is 0 Å². The van der Waals surface area contributed by atoms with Gasteiger partial charge in [-0.15, -0.1) is 0 Å². The molecule has 2 heteroatoms. The molecule has 2 N–H and O–H groups in total. The predicted molar refractivity (Wildman–Crippen MR) is 68.6 cm³/mol. The van der Waals surface area contributed by atoms with Crippen LogP contribution in [-0.2, 0) is 6.54 Å². The van der Waals surface area contributed by atoms with Gasteiger partial charge in [-0.1, -0.05) is 43.5 Å². The Bertz CT molecular complexity index is 409. The van der Waals surface area contributed by atoms with E-state index in [0.29, 0.717) is 0 Å². The first kappa shape index (κ1) is 11.2. The number of aliphatic hydroxyl groups is 1. The number of fused-ring (bicyclic) bond motifs is 1. The first-order chi connectivity index (χ1) is 8.17. The Morgan fingerprint density at radius 3 is 2.82 bits per heavy atom. The Kier molecular flexibility index (Phi) is 2.72. The van der Waals surface area contributed by atoms with Gasteiger partial charge in [0.1, 0.15) is 0 Å². The topological polar surface area (TPSA) is 32.3 Å². The molecular weight excluding hydrogens is 210 g/mol. The standard InChI is InChI=1S/C15H21NO/c1-15(17,9-11-5-4-6-11)14-13-8-3-2-7-12(13)10-16-14/h2-3,7-8,11,14,16-17H,4-6,9-10H2,1H3. The van der Waals surface area contributed by atoms with Crippen LogP contribution in [0.5, 0.6) is 0 Å². The van der Waals surface area contributed by atoms with Crippen molar-refractivity contribution in [2.24, 2.45) is 5.92 Å². The van der Waals surface area contributed by atoms with Crippen LogP contribution in [0.1, 0.15) is 49.8 Å². The molecule has 2 aliphatic rings. The molecule has 1 aliphatic carbocycles. The fraction of sp³-hybridized carbons (Fsp3) is 0.600. The third-order valence-corrected chi connectivity index (χ3v) is 4.41. The molecule has 1 heterocycles. The largest absolute Gasteiger partial charge is 0.388 e. The zero-order valence-corrected chi connectivity index (χ0v) is 10.4. The number of hydrogen-bond donors (Lipinski definition) is 2. The summed E-state index contributed by atoms with van der Waals surface area (Å²) in [7, 11) is 0. The van der Waals surface area contributed by atoms with Crippen molar-refractivity contribution < 1.29 is 5.11 Å². The minimum absolute atomic E-state index is 0.110. The molecule has 0 radical (unpaired) electrons. The molecule has 0 saturated heterocycles. The Labute approximate surface area is 103 Å². The van der Waals surface area contributed by atoms with Crippen molar-refractivity contribution in [3.63, 3.8) is 0 Å². The molecule has 2 nitrogen and oxygen atoms in total. The highest BCUT2D eigenvalue weighted by Gasteiger charge is 2.39. The molecule has 0 amide bonds. The Balaban J connectivity index is 1.80. The lowest BCUT2D eigenvalue weighted by Crippen LogP contribution is -2.41. The van der Waals surface area contributed by atoms with Gasteiger partial charge in [0.15, 0.2) is 0 Å². The number of hydrogen-bond acceptors (Lipinski definition) is 2. The lowest BCUT2D eigenvalue weighted by atomic mass is 9.74. The zero-order valence-electron chi connectivity index (χ0n) is 10.4. The van der Waals surface area contributed by atoms with E-state index in [1.807, 2.05) is 6.92 Å². The summed E-state index contributed by atoms with van der Waals surface area (Å²) < 4.78 is 0. The second kappa shape index (κ2) is 4.11. The number of benzene rings is 1. The summed E-state index contributed by atoms with van der Waals surface area (Å²) in [6.07, 6.45) is 4.86. The van der Waals surface area contributed by atoms with Gasteiger partial charge in [-0.2, -0.15) is 0 Å². The zero-order chi connectivity index (χ0) is 11.9. The molecular formula is C15H21NO. The molecule has 2 atom stereocenters. The van der Waals surface area contributed by atoms with Gasteiger partial charge in [0.25, 0.3) is 0 Å². The van der Waals surface area contributed by atoms with Crippen molar-refractivity contribution in [1.29, 1.82) is 0 Å². The second-order valence-electron chi connectivity index (χ2n) is 5.87. The Morgan fingerprint density at radius 2 is 2.12 bits per heavy atom. The highest BCUT2D eigenvalue weighted by atomic mass is 16.3. The van der Waals surface area contributed by atoms with Gasteiger partial charge in [0.05, 0.1) is 11.6 Å². The highest BCUT2D eigenvalue weighted by Crippen LogP contribution is 2.41. The molecule has 2 unspecified atom stereocenters. The van der Waals surface area contributed by atoms with E-state index in [1.54, 1.807) is 0 Å². The SMILES string of the molecule is CC(O)(CC1CCC1)C1NCc2ccccc21. The van der Waals surface area contributed by atoms with Gasteiger partial charge in [-0.25, -0.2) is 0 Å². The number of rotatable bonds is 3. The molecule has 1 fully saturated rings. The molecule has 0 bridgehead atoms. The van der Waals surface area contributed by atoms with Crippen LogP contribution in [0.15, 0.2) is 24.3 Å². The number of nitrogens with one attached hydrogen (secondary N) is 1.